The molecule has 0 bridgehead atoms. The predicted molar refractivity (Wildman–Crippen MR) is 119 cm³/mol. The summed E-state index contributed by atoms with van der Waals surface area (Å²) in [7, 11) is 0. The van der Waals surface area contributed by atoms with Crippen LogP contribution in [-0.2, 0) is 11.3 Å². The van der Waals surface area contributed by atoms with Crippen molar-refractivity contribution >= 4 is 23.6 Å². The molecule has 0 aliphatic carbocycles. The molecule has 1 N–H and O–H groups in total. The number of nitrogens with zero attached hydrogens (tertiary/aromatic N) is 2. The zero-order chi connectivity index (χ0) is 21.8. The summed E-state index contributed by atoms with van der Waals surface area (Å²) in [6.07, 6.45) is 1.67. The number of rotatable bonds is 5. The Bertz CT molecular complexity index is 1090. The van der Waals surface area contributed by atoms with Gasteiger partial charge in [0.2, 0.25) is 5.91 Å². The first kappa shape index (κ1) is 21.1. The Kier molecular flexibility index (Phi) is 6.32. The largest absolute Gasteiger partial charge is 0.349 e. The summed E-state index contributed by atoms with van der Waals surface area (Å²) < 4.78 is 13.9. The summed E-state index contributed by atoms with van der Waals surface area (Å²) in [6.45, 7) is 2.19. The first-order valence-electron chi connectivity index (χ1n) is 9.97. The number of hydrogen-bond acceptors (Lipinski definition) is 4. The normalized spacial score (nSPS) is 18.1. The maximum atomic E-state index is 13.9. The number of thioether (sulfide) groups is 1. The molecule has 0 spiro atoms. The van der Waals surface area contributed by atoms with Crippen molar-refractivity contribution in [2.24, 2.45) is 0 Å². The Labute approximate surface area is 184 Å². The molecule has 7 heteroatoms. The second-order valence-corrected chi connectivity index (χ2v) is 8.49. The van der Waals surface area contributed by atoms with Crippen molar-refractivity contribution in [2.45, 2.75) is 24.9 Å². The van der Waals surface area contributed by atoms with Gasteiger partial charge in [-0.05, 0) is 48.9 Å². The first-order valence-corrected chi connectivity index (χ1v) is 11.0. The van der Waals surface area contributed by atoms with Crippen LogP contribution in [-0.4, -0.2) is 33.5 Å². The average Bonchev–Trinajstić information content (AvgIpc) is 3.23. The Balaban J connectivity index is 1.62. The molecule has 0 saturated carbocycles. The quantitative estimate of drug-likeness (QED) is 0.655. The van der Waals surface area contributed by atoms with Gasteiger partial charge in [-0.25, -0.2) is 4.39 Å². The van der Waals surface area contributed by atoms with Crippen molar-refractivity contribution < 1.29 is 14.0 Å². The van der Waals surface area contributed by atoms with E-state index >= 15 is 0 Å². The van der Waals surface area contributed by atoms with E-state index < -0.39 is 11.4 Å². The van der Waals surface area contributed by atoms with Gasteiger partial charge in [0.15, 0.2) is 0 Å². The van der Waals surface area contributed by atoms with Crippen LogP contribution in [0.25, 0.3) is 0 Å². The maximum Gasteiger partial charge on any atom is 0.255 e. The number of pyridine rings is 1. The lowest BCUT2D eigenvalue weighted by molar-refractivity contribution is -0.125. The number of benzene rings is 2. The van der Waals surface area contributed by atoms with E-state index in [1.54, 1.807) is 35.4 Å². The van der Waals surface area contributed by atoms with E-state index in [9.17, 15) is 14.0 Å². The number of carbonyl (C=O) groups is 2. The third kappa shape index (κ3) is 4.77. The Morgan fingerprint density at radius 3 is 2.71 bits per heavy atom. The van der Waals surface area contributed by atoms with E-state index in [4.69, 9.17) is 0 Å². The lowest BCUT2D eigenvalue weighted by Gasteiger charge is -2.29. The van der Waals surface area contributed by atoms with Crippen LogP contribution in [0, 0.1) is 12.7 Å². The summed E-state index contributed by atoms with van der Waals surface area (Å²) in [4.78, 5) is 32.3. The van der Waals surface area contributed by atoms with Gasteiger partial charge in [0, 0.05) is 17.5 Å². The molecule has 1 aliphatic rings. The number of carbonyl (C=O) groups excluding carboxylic acids is 2. The molecular weight excluding hydrogens is 413 g/mol. The lowest BCUT2D eigenvalue weighted by Crippen LogP contribution is -2.47. The Morgan fingerprint density at radius 2 is 1.97 bits per heavy atom. The Morgan fingerprint density at radius 1 is 1.13 bits per heavy atom. The molecule has 1 fully saturated rings. The molecule has 2 atom stereocenters. The fraction of sp³-hybridized carbons (Fsp3) is 0.208. The van der Waals surface area contributed by atoms with Crippen molar-refractivity contribution in [1.29, 1.82) is 0 Å². The third-order valence-corrected chi connectivity index (χ3v) is 6.43. The second-order valence-electron chi connectivity index (χ2n) is 7.38. The molecule has 2 unspecified atom stereocenters. The van der Waals surface area contributed by atoms with Gasteiger partial charge in [0.1, 0.15) is 17.2 Å². The van der Waals surface area contributed by atoms with Gasteiger partial charge in [-0.1, -0.05) is 35.9 Å². The van der Waals surface area contributed by atoms with E-state index in [2.05, 4.69) is 10.3 Å². The summed E-state index contributed by atoms with van der Waals surface area (Å²) in [5, 5.41) is 2.44. The van der Waals surface area contributed by atoms with Gasteiger partial charge in [-0.15, -0.1) is 11.8 Å². The molecule has 4 rings (SSSR count). The fourth-order valence-corrected chi connectivity index (χ4v) is 5.02. The average molecular weight is 436 g/mol. The molecule has 2 heterocycles. The van der Waals surface area contributed by atoms with Crippen molar-refractivity contribution in [3.8, 4) is 0 Å². The molecule has 1 aromatic heterocycles. The van der Waals surface area contributed by atoms with Crippen molar-refractivity contribution in [2.75, 3.05) is 5.75 Å². The van der Waals surface area contributed by atoms with Gasteiger partial charge in [-0.2, -0.15) is 0 Å². The molecule has 158 valence electrons. The molecule has 3 aromatic rings. The number of nitrogens with one attached hydrogen (secondary N) is 1. The number of amides is 2. The van der Waals surface area contributed by atoms with Gasteiger partial charge in [0.05, 0.1) is 12.2 Å². The van der Waals surface area contributed by atoms with Crippen LogP contribution in [0.1, 0.15) is 32.6 Å². The molecule has 1 saturated heterocycles. The van der Waals surface area contributed by atoms with Gasteiger partial charge in [0.25, 0.3) is 5.91 Å². The number of hydrogen-bond donors (Lipinski definition) is 1. The molecular formula is C24H22FN3O2S. The van der Waals surface area contributed by atoms with E-state index in [0.29, 0.717) is 16.9 Å². The minimum atomic E-state index is -0.671. The van der Waals surface area contributed by atoms with Crippen LogP contribution in [0.2, 0.25) is 0 Å². The smallest absolute Gasteiger partial charge is 0.255 e. The highest BCUT2D eigenvalue weighted by Crippen LogP contribution is 2.42. The Hall–Kier alpha value is -3.19. The van der Waals surface area contributed by atoms with Crippen molar-refractivity contribution in [3.05, 3.63) is 101 Å². The third-order valence-electron chi connectivity index (χ3n) is 5.11. The molecule has 2 amide bonds. The zero-order valence-corrected chi connectivity index (χ0v) is 17.8. The highest BCUT2D eigenvalue weighted by Gasteiger charge is 2.42. The summed E-state index contributed by atoms with van der Waals surface area (Å²) in [5.41, 5.74) is 2.85. The van der Waals surface area contributed by atoms with Crippen LogP contribution >= 0.6 is 11.8 Å². The number of halogens is 1. The SMILES string of the molecule is Cc1cccc(C(=O)N2C(C(=O)NCc3ccccn3)CSC2c2cccc(F)c2)c1. The predicted octanol–water partition coefficient (Wildman–Crippen LogP) is 4.10. The highest BCUT2D eigenvalue weighted by molar-refractivity contribution is 7.99. The molecule has 1 aliphatic heterocycles. The van der Waals surface area contributed by atoms with E-state index in [1.165, 1.54) is 23.9 Å². The summed E-state index contributed by atoms with van der Waals surface area (Å²) in [6, 6.07) is 18.3. The summed E-state index contributed by atoms with van der Waals surface area (Å²) >= 11 is 1.46. The zero-order valence-electron chi connectivity index (χ0n) is 17.0. The van der Waals surface area contributed by atoms with Crippen LogP contribution < -0.4 is 5.32 Å². The monoisotopic (exact) mass is 435 g/mol. The van der Waals surface area contributed by atoms with Crippen LogP contribution in [0.3, 0.4) is 0 Å². The lowest BCUT2D eigenvalue weighted by atomic mass is 10.1. The van der Waals surface area contributed by atoms with Crippen LogP contribution in [0.15, 0.2) is 72.9 Å². The first-order chi connectivity index (χ1) is 15.0. The topological polar surface area (TPSA) is 62.3 Å². The van der Waals surface area contributed by atoms with Crippen LogP contribution in [0.5, 0.6) is 0 Å². The van der Waals surface area contributed by atoms with Crippen LogP contribution in [0.4, 0.5) is 4.39 Å². The number of aromatic nitrogens is 1. The standard InChI is InChI=1S/C24H22FN3O2S/c1-16-6-4-7-17(12-16)23(30)28-21(22(29)27-14-20-10-2-3-11-26-20)15-31-24(28)18-8-5-9-19(25)13-18/h2-13,21,24H,14-15H2,1H3,(H,27,29). The molecule has 0 radical (unpaired) electrons. The van der Waals surface area contributed by atoms with Crippen molar-refractivity contribution in [1.82, 2.24) is 15.2 Å². The second kappa shape index (κ2) is 9.31. The molecule has 31 heavy (non-hydrogen) atoms. The summed E-state index contributed by atoms with van der Waals surface area (Å²) in [5.74, 6) is -0.449. The van der Waals surface area contributed by atoms with Gasteiger partial charge < -0.3 is 10.2 Å². The highest BCUT2D eigenvalue weighted by atomic mass is 32.2. The van der Waals surface area contributed by atoms with Gasteiger partial charge >= 0.3 is 0 Å². The van der Waals surface area contributed by atoms with E-state index in [1.807, 2.05) is 37.3 Å². The molecule has 5 nitrogen and oxygen atoms in total. The fourth-order valence-electron chi connectivity index (χ4n) is 3.60. The minimum absolute atomic E-state index is 0.249. The maximum absolute atomic E-state index is 13.9. The molecule has 2 aromatic carbocycles. The van der Waals surface area contributed by atoms with Crippen molar-refractivity contribution in [3.63, 3.8) is 0 Å². The minimum Gasteiger partial charge on any atom is -0.349 e. The van der Waals surface area contributed by atoms with E-state index in [-0.39, 0.29) is 24.2 Å². The van der Waals surface area contributed by atoms with Gasteiger partial charge in [-0.3, -0.25) is 14.6 Å². The van der Waals surface area contributed by atoms with E-state index in [0.717, 1.165) is 11.3 Å². The number of aryl methyl sites for hydroxylation is 1.